The summed E-state index contributed by atoms with van der Waals surface area (Å²) in [6.45, 7) is 0. The van der Waals surface area contributed by atoms with Crippen molar-refractivity contribution < 1.29 is 44.7 Å². The number of ether oxygens (including phenoxy) is 1. The van der Waals surface area contributed by atoms with Crippen molar-refractivity contribution >= 4 is 24.0 Å². The smallest absolute Gasteiger partial charge is 0.348 e. The molecule has 0 aliphatic carbocycles. The van der Waals surface area contributed by atoms with E-state index < -0.39 is 35.9 Å². The predicted octanol–water partition coefficient (Wildman–Crippen LogP) is -0.447. The van der Waals surface area contributed by atoms with Gasteiger partial charge in [0, 0.05) is 6.08 Å². The third-order valence-electron chi connectivity index (χ3n) is 2.44. The molecule has 0 unspecified atom stereocenters. The van der Waals surface area contributed by atoms with Gasteiger partial charge in [0.05, 0.1) is 0 Å². The minimum absolute atomic E-state index is 0.290. The first kappa shape index (κ1) is 17.0. The highest BCUT2D eigenvalue weighted by atomic mass is 16.6. The number of carboxylic acids is 2. The maximum absolute atomic E-state index is 11.4. The maximum Gasteiger partial charge on any atom is 0.348 e. The number of hydrogen-bond donors (Lipinski definition) is 5. The third kappa shape index (κ3) is 4.49. The molecule has 0 fully saturated rings. The van der Waals surface area contributed by atoms with E-state index in [2.05, 4.69) is 4.74 Å². The number of aliphatic hydroxyl groups excluding tert-OH is 1. The average Bonchev–Trinajstić information content (AvgIpc) is 2.44. The van der Waals surface area contributed by atoms with Gasteiger partial charge in [0.15, 0.2) is 17.6 Å². The van der Waals surface area contributed by atoms with Gasteiger partial charge >= 0.3 is 17.9 Å². The van der Waals surface area contributed by atoms with Crippen LogP contribution in [-0.2, 0) is 19.1 Å². The Bertz CT molecular complexity index is 620. The molecule has 5 N–H and O–H groups in total. The van der Waals surface area contributed by atoms with E-state index in [4.69, 9.17) is 20.4 Å². The Balaban J connectivity index is 2.78. The molecule has 0 aromatic heterocycles. The van der Waals surface area contributed by atoms with Gasteiger partial charge in [-0.2, -0.15) is 0 Å². The van der Waals surface area contributed by atoms with Crippen LogP contribution in [0.4, 0.5) is 0 Å². The summed E-state index contributed by atoms with van der Waals surface area (Å²) >= 11 is 0. The van der Waals surface area contributed by atoms with E-state index in [0.29, 0.717) is 0 Å². The lowest BCUT2D eigenvalue weighted by molar-refractivity contribution is -0.176. The Morgan fingerprint density at radius 1 is 1.05 bits per heavy atom. The molecule has 118 valence electrons. The normalized spacial score (nSPS) is 13.5. The Morgan fingerprint density at radius 2 is 1.68 bits per heavy atom. The molecular weight excluding hydrogens is 300 g/mol. The average molecular weight is 312 g/mol. The molecule has 0 saturated heterocycles. The molecular formula is C13H12O9. The van der Waals surface area contributed by atoms with Crippen LogP contribution >= 0.6 is 0 Å². The lowest BCUT2D eigenvalue weighted by Gasteiger charge is -2.15. The van der Waals surface area contributed by atoms with Crippen molar-refractivity contribution in [3.63, 3.8) is 0 Å². The summed E-state index contributed by atoms with van der Waals surface area (Å²) in [6, 6.07) is 3.63. The predicted molar refractivity (Wildman–Crippen MR) is 70.0 cm³/mol. The lowest BCUT2D eigenvalue weighted by atomic mass is 10.2. The molecule has 0 bridgehead atoms. The molecule has 9 nitrogen and oxygen atoms in total. The molecule has 0 saturated carbocycles. The fraction of sp³-hybridized carbons (Fsp3) is 0.154. The van der Waals surface area contributed by atoms with Gasteiger partial charge in [-0.1, -0.05) is 6.07 Å². The number of rotatable bonds is 6. The van der Waals surface area contributed by atoms with E-state index in [1.165, 1.54) is 6.07 Å². The molecule has 0 heterocycles. The standard InChI is InChI=1S/C13H12O9/c14-7-3-1-6(5-8(7)15)2-4-9(16)22-11(13(20)21)10(17)12(18)19/h1-5,10-11,14-15,17H,(H,18,19)(H,20,21)/b4-2+/t10-,11+/m0/s1. The van der Waals surface area contributed by atoms with Gasteiger partial charge < -0.3 is 30.3 Å². The second-order valence-corrected chi connectivity index (χ2v) is 4.06. The topological polar surface area (TPSA) is 162 Å². The maximum atomic E-state index is 11.4. The number of aliphatic carboxylic acids is 2. The minimum atomic E-state index is -2.41. The highest BCUT2D eigenvalue weighted by Gasteiger charge is 2.35. The summed E-state index contributed by atoms with van der Waals surface area (Å²) in [5, 5.41) is 44.7. The zero-order valence-electron chi connectivity index (χ0n) is 10.9. The monoisotopic (exact) mass is 312 g/mol. The van der Waals surface area contributed by atoms with Crippen molar-refractivity contribution in [3.8, 4) is 11.5 Å². The van der Waals surface area contributed by atoms with Crippen LogP contribution in [-0.4, -0.2) is 55.6 Å². The molecule has 0 amide bonds. The van der Waals surface area contributed by atoms with Crippen molar-refractivity contribution in [2.75, 3.05) is 0 Å². The van der Waals surface area contributed by atoms with E-state index >= 15 is 0 Å². The number of aromatic hydroxyl groups is 2. The fourth-order valence-electron chi connectivity index (χ4n) is 1.35. The number of carboxylic acid groups (broad SMARTS) is 2. The van der Waals surface area contributed by atoms with E-state index in [-0.39, 0.29) is 11.3 Å². The van der Waals surface area contributed by atoms with Crippen LogP contribution in [0.2, 0.25) is 0 Å². The summed E-state index contributed by atoms with van der Waals surface area (Å²) in [6.07, 6.45) is -2.76. The van der Waals surface area contributed by atoms with Gasteiger partial charge in [0.25, 0.3) is 0 Å². The molecule has 0 aliphatic rings. The first-order valence-corrected chi connectivity index (χ1v) is 5.76. The highest BCUT2D eigenvalue weighted by molar-refractivity contribution is 5.91. The van der Waals surface area contributed by atoms with Crippen molar-refractivity contribution in [2.24, 2.45) is 0 Å². The van der Waals surface area contributed by atoms with Gasteiger partial charge in [0.1, 0.15) is 0 Å². The quantitative estimate of drug-likeness (QED) is 0.266. The number of phenolic OH excluding ortho intramolecular Hbond substituents is 2. The molecule has 1 aromatic rings. The Morgan fingerprint density at radius 3 is 2.18 bits per heavy atom. The largest absolute Gasteiger partial charge is 0.504 e. The number of esters is 1. The van der Waals surface area contributed by atoms with E-state index in [1.54, 1.807) is 0 Å². The molecule has 0 spiro atoms. The minimum Gasteiger partial charge on any atom is -0.504 e. The van der Waals surface area contributed by atoms with Crippen LogP contribution in [0.3, 0.4) is 0 Å². The van der Waals surface area contributed by atoms with Crippen molar-refractivity contribution in [2.45, 2.75) is 12.2 Å². The number of carbonyl (C=O) groups is 3. The molecule has 2 atom stereocenters. The summed E-state index contributed by atoms with van der Waals surface area (Å²) < 4.78 is 4.34. The van der Waals surface area contributed by atoms with Gasteiger partial charge in [-0.05, 0) is 23.8 Å². The SMILES string of the molecule is O=C(/C=C/c1ccc(O)c(O)c1)O[C@@H](C(=O)O)[C@H](O)C(=O)O. The van der Waals surface area contributed by atoms with Crippen LogP contribution in [0.1, 0.15) is 5.56 Å². The number of hydrogen-bond acceptors (Lipinski definition) is 7. The van der Waals surface area contributed by atoms with Crippen LogP contribution in [0.25, 0.3) is 6.08 Å². The number of carbonyl (C=O) groups excluding carboxylic acids is 1. The highest BCUT2D eigenvalue weighted by Crippen LogP contribution is 2.25. The summed E-state index contributed by atoms with van der Waals surface area (Å²) in [5.41, 5.74) is 0.290. The first-order chi connectivity index (χ1) is 10.2. The van der Waals surface area contributed by atoms with Crippen molar-refractivity contribution in [1.82, 2.24) is 0 Å². The Labute approximate surface area is 123 Å². The fourth-order valence-corrected chi connectivity index (χ4v) is 1.35. The summed E-state index contributed by atoms with van der Waals surface area (Å²) in [5.74, 6) is -5.68. The van der Waals surface area contributed by atoms with Crippen LogP contribution < -0.4 is 0 Å². The number of phenols is 2. The van der Waals surface area contributed by atoms with Gasteiger partial charge in [-0.3, -0.25) is 0 Å². The Kier molecular flexibility index (Phi) is 5.47. The lowest BCUT2D eigenvalue weighted by Crippen LogP contribution is -2.42. The zero-order chi connectivity index (χ0) is 16.9. The van der Waals surface area contributed by atoms with Crippen molar-refractivity contribution in [1.29, 1.82) is 0 Å². The van der Waals surface area contributed by atoms with E-state index in [9.17, 15) is 19.5 Å². The zero-order valence-corrected chi connectivity index (χ0v) is 10.9. The van der Waals surface area contributed by atoms with Crippen molar-refractivity contribution in [3.05, 3.63) is 29.8 Å². The molecule has 1 rings (SSSR count). The van der Waals surface area contributed by atoms with Gasteiger partial charge in [0.2, 0.25) is 6.10 Å². The van der Waals surface area contributed by atoms with Crippen LogP contribution in [0.5, 0.6) is 11.5 Å². The number of benzene rings is 1. The van der Waals surface area contributed by atoms with Gasteiger partial charge in [-0.25, -0.2) is 14.4 Å². The Hall–Kier alpha value is -3.07. The van der Waals surface area contributed by atoms with E-state index in [1.807, 2.05) is 0 Å². The second-order valence-electron chi connectivity index (χ2n) is 4.06. The molecule has 0 aliphatic heterocycles. The summed E-state index contributed by atoms with van der Waals surface area (Å²) in [7, 11) is 0. The third-order valence-corrected chi connectivity index (χ3v) is 2.44. The number of aliphatic hydroxyl groups is 1. The second kappa shape index (κ2) is 7.09. The van der Waals surface area contributed by atoms with Crippen LogP contribution in [0.15, 0.2) is 24.3 Å². The molecule has 9 heteroatoms. The molecule has 0 radical (unpaired) electrons. The van der Waals surface area contributed by atoms with Crippen LogP contribution in [0, 0.1) is 0 Å². The first-order valence-electron chi connectivity index (χ1n) is 5.76. The van der Waals surface area contributed by atoms with Gasteiger partial charge in [-0.15, -0.1) is 0 Å². The molecule has 1 aromatic carbocycles. The molecule has 22 heavy (non-hydrogen) atoms. The summed E-state index contributed by atoms with van der Waals surface area (Å²) in [4.78, 5) is 32.7. The van der Waals surface area contributed by atoms with E-state index in [0.717, 1.165) is 24.3 Å².